The predicted octanol–water partition coefficient (Wildman–Crippen LogP) is 13.0. The number of aryl methyl sites for hydroxylation is 2. The zero-order valence-electron chi connectivity index (χ0n) is 27.6. The molecule has 2 aromatic rings. The molecule has 0 aliphatic carbocycles. The van der Waals surface area contributed by atoms with Crippen molar-refractivity contribution in [3.05, 3.63) is 88.0 Å². The van der Waals surface area contributed by atoms with Crippen LogP contribution in [0.4, 0.5) is 0 Å². The fourth-order valence-corrected chi connectivity index (χ4v) is 6.51. The maximum atomic E-state index is 11.2. The first kappa shape index (κ1) is 36.2. The van der Waals surface area contributed by atoms with E-state index in [0.29, 0.717) is 0 Å². The van der Waals surface area contributed by atoms with Gasteiger partial charge in [-0.05, 0) is 67.5 Å². The van der Waals surface area contributed by atoms with E-state index in [4.69, 9.17) is 0 Å². The number of nitrogens with zero attached hydrogens (tertiary/aromatic N) is 2. The van der Waals surface area contributed by atoms with E-state index in [1.165, 1.54) is 96.4 Å². The molecule has 1 heterocycles. The first-order chi connectivity index (χ1) is 20.6. The topological polar surface area (TPSA) is 25.3 Å². The van der Waals surface area contributed by atoms with E-state index >= 15 is 0 Å². The Hall–Kier alpha value is -1.99. The Balaban J connectivity index is 0.000000476. The van der Waals surface area contributed by atoms with Gasteiger partial charge in [0.15, 0.2) is 0 Å². The summed E-state index contributed by atoms with van der Waals surface area (Å²) in [5, 5.41) is 2.81. The summed E-state index contributed by atoms with van der Waals surface area (Å²) < 4.78 is 1.43. The van der Waals surface area contributed by atoms with Gasteiger partial charge < -0.3 is 5.53 Å². The van der Waals surface area contributed by atoms with Gasteiger partial charge in [-0.25, -0.2) is 4.70 Å². The van der Waals surface area contributed by atoms with Crippen molar-refractivity contribution in [3.8, 4) is 0 Å². The van der Waals surface area contributed by atoms with Crippen LogP contribution in [0.1, 0.15) is 147 Å². The first-order valence-corrected chi connectivity index (χ1v) is 18.6. The fourth-order valence-electron chi connectivity index (χ4n) is 5.28. The molecule has 1 aliphatic heterocycles. The Morgan fingerprint density at radius 1 is 0.571 bits per heavy atom. The first-order valence-electron chi connectivity index (χ1n) is 17.2. The van der Waals surface area contributed by atoms with E-state index in [0.717, 1.165) is 61.0 Å². The van der Waals surface area contributed by atoms with Crippen LogP contribution in [0.2, 0.25) is 10.8 Å². The number of hydrogen-bond donors (Lipinski definition) is 0. The molecule has 0 unspecified atom stereocenters. The van der Waals surface area contributed by atoms with Crippen LogP contribution in [-0.4, -0.2) is 4.70 Å². The van der Waals surface area contributed by atoms with E-state index < -0.39 is 0 Å². The van der Waals surface area contributed by atoms with Crippen molar-refractivity contribution in [1.82, 2.24) is 0 Å². The quantitative estimate of drug-likeness (QED) is 0.0805. The van der Waals surface area contributed by atoms with Gasteiger partial charge in [-0.15, -0.1) is 0 Å². The molecule has 0 N–H and O–H groups in total. The van der Waals surface area contributed by atoms with Crippen molar-refractivity contribution in [2.45, 2.75) is 148 Å². The van der Waals surface area contributed by atoms with Gasteiger partial charge in [0.1, 0.15) is 0 Å². The van der Waals surface area contributed by atoms with Crippen molar-refractivity contribution in [3.63, 3.8) is 0 Å². The molecule has 0 atom stereocenters. The van der Waals surface area contributed by atoms with Crippen LogP contribution in [0.25, 0.3) is 16.9 Å². The van der Waals surface area contributed by atoms with Gasteiger partial charge in [0.2, 0.25) is 11.4 Å². The second-order valence-corrected chi connectivity index (χ2v) is 13.1. The van der Waals surface area contributed by atoms with Gasteiger partial charge in [-0.3, -0.25) is 0 Å². The summed E-state index contributed by atoms with van der Waals surface area (Å²) in [5.74, 6) is 0. The third kappa shape index (κ3) is 13.1. The number of unbranched alkanes of at least 4 members (excludes halogenated alkanes) is 8. The van der Waals surface area contributed by atoms with Gasteiger partial charge in [0.25, 0.3) is 0 Å². The number of allylic oxidation sites excluding steroid dienone is 2. The second kappa shape index (κ2) is 22.5. The summed E-state index contributed by atoms with van der Waals surface area (Å²) >= 11 is 1.97. The summed E-state index contributed by atoms with van der Waals surface area (Å²) in [5.41, 5.74) is 19.2. The molecule has 0 amide bonds. The van der Waals surface area contributed by atoms with Gasteiger partial charge in [-0.1, -0.05) is 77.1 Å². The van der Waals surface area contributed by atoms with Crippen molar-refractivity contribution in [2.75, 3.05) is 0 Å². The molecular weight excluding hydrogens is 555 g/mol. The molecule has 3 rings (SSSR count). The Bertz CT molecular complexity index is 1070. The van der Waals surface area contributed by atoms with E-state index in [1.54, 1.807) is 0 Å². The van der Waals surface area contributed by atoms with Crippen LogP contribution >= 0.6 is 0 Å². The number of rotatable bonds is 20. The molecule has 0 saturated carbocycles. The average molecular weight is 616 g/mol. The number of benzene rings is 2. The summed E-state index contributed by atoms with van der Waals surface area (Å²) in [6.45, 7) is 11.2. The normalized spacial score (nSPS) is 13.0. The minimum atomic E-state index is 0.897. The monoisotopic (exact) mass is 614 g/mol. The molecule has 0 radical (unpaired) electrons. The van der Waals surface area contributed by atoms with Crippen molar-refractivity contribution in [2.24, 2.45) is 0 Å². The molecular formula is C39H60N2Ni. The van der Waals surface area contributed by atoms with Gasteiger partial charge in [-0.2, -0.15) is 0 Å². The molecule has 0 bridgehead atoms. The zero-order chi connectivity index (χ0) is 30.4. The van der Waals surface area contributed by atoms with Crippen LogP contribution in [-0.2, 0) is 27.3 Å². The Morgan fingerprint density at radius 2 is 1.21 bits per heavy atom. The minimum absolute atomic E-state index is 0.897. The molecule has 2 aromatic carbocycles. The van der Waals surface area contributed by atoms with Crippen molar-refractivity contribution < 1.29 is 19.1 Å². The van der Waals surface area contributed by atoms with Crippen molar-refractivity contribution in [1.29, 1.82) is 0 Å². The maximum absolute atomic E-state index is 11.2. The van der Waals surface area contributed by atoms with Crippen LogP contribution in [0.5, 0.6) is 0 Å². The molecule has 2 nitrogen and oxygen atoms in total. The Labute approximate surface area is 265 Å². The standard InChI is InChI=1S/C29H38N2.2C5H11.Ni/c1-4-7-9-10-13-24-14-11-16-26(21-24)28-22-27(15-8-5-2)29(31(28)30)25-19-17-23(12-6-3)18-20-25;2*1-3-5-4-2;/h11,14,16-22H,4-10,12-13,15H2,1-3H3;2*1,3-5H2,2H3;. The average Bonchev–Trinajstić information content (AvgIpc) is 3.34. The molecule has 0 fully saturated rings. The van der Waals surface area contributed by atoms with Crippen LogP contribution in [0, 0.1) is 0 Å². The Morgan fingerprint density at radius 3 is 1.83 bits per heavy atom. The third-order valence-electron chi connectivity index (χ3n) is 7.82. The van der Waals surface area contributed by atoms with Gasteiger partial charge >= 0.3 is 77.6 Å². The van der Waals surface area contributed by atoms with E-state index in [9.17, 15) is 5.53 Å². The fraction of sp³-hybridized carbons (Fsp3) is 0.590. The van der Waals surface area contributed by atoms with Gasteiger partial charge in [0, 0.05) is 22.8 Å². The number of hydrogen-bond acceptors (Lipinski definition) is 0. The molecule has 0 spiro atoms. The predicted molar refractivity (Wildman–Crippen MR) is 181 cm³/mol. The molecule has 0 saturated heterocycles. The molecule has 1 aliphatic rings. The summed E-state index contributed by atoms with van der Waals surface area (Å²) in [4.78, 5) is 0. The van der Waals surface area contributed by atoms with Gasteiger partial charge in [0.05, 0.1) is 0 Å². The molecule has 42 heavy (non-hydrogen) atoms. The molecule has 3 heteroatoms. The summed E-state index contributed by atoms with van der Waals surface area (Å²) in [7, 11) is 0. The van der Waals surface area contributed by atoms with Crippen LogP contribution in [0.15, 0.2) is 60.2 Å². The summed E-state index contributed by atoms with van der Waals surface area (Å²) in [6, 6.07) is 17.4. The summed E-state index contributed by atoms with van der Waals surface area (Å²) in [6.07, 6.45) is 22.3. The second-order valence-electron chi connectivity index (χ2n) is 11.7. The molecule has 236 valence electrons. The van der Waals surface area contributed by atoms with Crippen LogP contribution < -0.4 is 0 Å². The van der Waals surface area contributed by atoms with E-state index in [2.05, 4.69) is 89.2 Å². The SMILES string of the molecule is CCCCCCc1cccc(C2=CC(CCCC)=C(c3ccc(CCC)cc3)[N+]2=[N-])c1.CCCC[CH2][Ni][CH2]CCCC. The Kier molecular flexibility index (Phi) is 19.4. The van der Waals surface area contributed by atoms with Crippen molar-refractivity contribution >= 4 is 11.4 Å². The van der Waals surface area contributed by atoms with Crippen LogP contribution in [0.3, 0.4) is 0 Å². The third-order valence-corrected chi connectivity index (χ3v) is 9.21. The van der Waals surface area contributed by atoms with E-state index in [1.807, 2.05) is 14.4 Å². The van der Waals surface area contributed by atoms with E-state index in [-0.39, 0.29) is 0 Å². The molecule has 0 aromatic heterocycles. The zero-order valence-corrected chi connectivity index (χ0v) is 28.6.